The van der Waals surface area contributed by atoms with Gasteiger partial charge in [0, 0.05) is 18.6 Å². The maximum atomic E-state index is 13.1. The van der Waals surface area contributed by atoms with Crippen LogP contribution >= 0.6 is 0 Å². The number of phenolic OH excluding ortho intramolecular Hbond substituents is 1. The highest BCUT2D eigenvalue weighted by Crippen LogP contribution is 2.45. The number of imidazole rings is 1. The number of aromatic hydroxyl groups is 1. The van der Waals surface area contributed by atoms with Crippen molar-refractivity contribution < 1.29 is 9.90 Å². The van der Waals surface area contributed by atoms with Crippen LogP contribution in [0.5, 0.6) is 5.75 Å². The predicted molar refractivity (Wildman–Crippen MR) is 132 cm³/mol. The highest BCUT2D eigenvalue weighted by atomic mass is 16.3. The van der Waals surface area contributed by atoms with Gasteiger partial charge in [-0.15, -0.1) is 0 Å². The van der Waals surface area contributed by atoms with Crippen molar-refractivity contribution in [1.29, 1.82) is 0 Å². The van der Waals surface area contributed by atoms with Crippen LogP contribution in [0.4, 0.5) is 11.6 Å². The monoisotopic (exact) mass is 469 g/mol. The molecule has 1 unspecified atom stereocenters. The number of nitrogens with zero attached hydrogens (tertiary/aromatic N) is 5. The lowest BCUT2D eigenvalue weighted by Crippen LogP contribution is -2.32. The van der Waals surface area contributed by atoms with E-state index in [2.05, 4.69) is 20.3 Å². The average molecular weight is 470 g/mol. The first kappa shape index (κ1) is 21.5. The van der Waals surface area contributed by atoms with Crippen LogP contribution in [0.2, 0.25) is 0 Å². The number of amides is 1. The second kappa shape index (κ2) is 8.04. The third kappa shape index (κ3) is 3.50. The molecule has 6 rings (SSSR count). The predicted octanol–water partition coefficient (Wildman–Crippen LogP) is 3.86. The number of anilines is 2. The van der Waals surface area contributed by atoms with E-state index in [4.69, 9.17) is 10.7 Å². The number of rotatable bonds is 4. The topological polar surface area (TPSA) is 131 Å². The Balaban J connectivity index is 1.43. The Hall–Kier alpha value is -4.01. The molecular formula is C26H27N7O2. The summed E-state index contributed by atoms with van der Waals surface area (Å²) in [7, 11) is 0. The van der Waals surface area contributed by atoms with Crippen molar-refractivity contribution in [2.45, 2.75) is 50.9 Å². The molecule has 35 heavy (non-hydrogen) atoms. The highest BCUT2D eigenvalue weighted by molar-refractivity contribution is 6.09. The lowest BCUT2D eigenvalue weighted by atomic mass is 9.77. The zero-order chi connectivity index (χ0) is 24.2. The standard InChI is InChI=1S/C26H27N7O2/c1-26(16-8-5-9-17(34)13-16)20-21(27)30-22(31-23(20)32-25(26)35)19-14-33-11-10-28-24(33)18(29-19)12-15-6-3-2-4-7-15/h5,8-11,13-15,34H,2-4,6-7,12H2,1H3,(H3,27,30,31,32,35). The number of aromatic nitrogens is 5. The van der Waals surface area contributed by atoms with Crippen LogP contribution in [0.15, 0.2) is 42.9 Å². The number of fused-ring (bicyclic) bond motifs is 2. The van der Waals surface area contributed by atoms with Gasteiger partial charge in [0.15, 0.2) is 11.5 Å². The Bertz CT molecular complexity index is 1460. The summed E-state index contributed by atoms with van der Waals surface area (Å²) in [5, 5.41) is 12.9. The van der Waals surface area contributed by atoms with Gasteiger partial charge in [0.05, 0.1) is 11.3 Å². The van der Waals surface area contributed by atoms with Gasteiger partial charge < -0.3 is 20.6 Å². The molecule has 0 saturated heterocycles. The normalized spacial score (nSPS) is 20.2. The fraction of sp³-hybridized carbons (Fsp3) is 0.346. The highest BCUT2D eigenvalue weighted by Gasteiger charge is 2.47. The van der Waals surface area contributed by atoms with Gasteiger partial charge >= 0.3 is 0 Å². The van der Waals surface area contributed by atoms with Crippen molar-refractivity contribution in [3.8, 4) is 17.3 Å². The molecule has 4 aromatic rings. The lowest BCUT2D eigenvalue weighted by molar-refractivity contribution is -0.119. The molecule has 1 aromatic carbocycles. The molecule has 1 aliphatic carbocycles. The Morgan fingerprint density at radius 3 is 2.83 bits per heavy atom. The van der Waals surface area contributed by atoms with Crippen molar-refractivity contribution >= 4 is 23.2 Å². The minimum absolute atomic E-state index is 0.0735. The van der Waals surface area contributed by atoms with Crippen LogP contribution < -0.4 is 11.1 Å². The van der Waals surface area contributed by atoms with Crippen molar-refractivity contribution in [1.82, 2.24) is 24.3 Å². The number of nitrogens with two attached hydrogens (primary N) is 1. The van der Waals surface area contributed by atoms with E-state index in [-0.39, 0.29) is 17.5 Å². The van der Waals surface area contributed by atoms with Crippen molar-refractivity contribution in [2.75, 3.05) is 11.1 Å². The Kier molecular flexibility index (Phi) is 4.94. The molecule has 4 heterocycles. The SMILES string of the molecule is CC1(c2cccc(O)c2)C(=O)Nc2nc(-c3cn4ccnc4c(CC4CCCCC4)n3)nc(N)c21. The number of carbonyl (C=O) groups is 1. The van der Waals surface area contributed by atoms with Gasteiger partial charge in [0.1, 0.15) is 28.5 Å². The summed E-state index contributed by atoms with van der Waals surface area (Å²) in [6.07, 6.45) is 12.6. The van der Waals surface area contributed by atoms with Gasteiger partial charge in [-0.1, -0.05) is 44.2 Å². The van der Waals surface area contributed by atoms with Gasteiger partial charge in [-0.25, -0.2) is 19.9 Å². The van der Waals surface area contributed by atoms with Crippen molar-refractivity contribution in [2.24, 2.45) is 5.92 Å². The Labute approximate surface area is 202 Å². The zero-order valence-electron chi connectivity index (χ0n) is 19.5. The molecule has 0 bridgehead atoms. The lowest BCUT2D eigenvalue weighted by Gasteiger charge is -2.23. The summed E-state index contributed by atoms with van der Waals surface area (Å²) in [4.78, 5) is 31.8. The maximum Gasteiger partial charge on any atom is 0.240 e. The number of benzene rings is 1. The average Bonchev–Trinajstić information content (AvgIpc) is 3.43. The molecule has 1 fully saturated rings. The van der Waals surface area contributed by atoms with E-state index in [9.17, 15) is 9.90 Å². The summed E-state index contributed by atoms with van der Waals surface area (Å²) < 4.78 is 1.95. The summed E-state index contributed by atoms with van der Waals surface area (Å²) in [6.45, 7) is 1.76. The van der Waals surface area contributed by atoms with E-state index >= 15 is 0 Å². The van der Waals surface area contributed by atoms with E-state index in [1.54, 1.807) is 37.4 Å². The first-order valence-corrected chi connectivity index (χ1v) is 12.1. The van der Waals surface area contributed by atoms with Crippen LogP contribution in [0, 0.1) is 5.92 Å². The van der Waals surface area contributed by atoms with Crippen LogP contribution in [-0.4, -0.2) is 35.4 Å². The first-order valence-electron chi connectivity index (χ1n) is 12.1. The molecule has 9 heteroatoms. The fourth-order valence-electron chi connectivity index (χ4n) is 5.52. The third-order valence-corrected chi connectivity index (χ3v) is 7.43. The number of carbonyl (C=O) groups excluding carboxylic acids is 1. The fourth-order valence-corrected chi connectivity index (χ4v) is 5.52. The number of phenols is 1. The molecule has 3 aromatic heterocycles. The minimum atomic E-state index is -1.12. The van der Waals surface area contributed by atoms with Crippen LogP contribution in [0.1, 0.15) is 55.8 Å². The quantitative estimate of drug-likeness (QED) is 0.414. The molecule has 2 aliphatic rings. The molecule has 9 nitrogen and oxygen atoms in total. The van der Waals surface area contributed by atoms with E-state index < -0.39 is 5.41 Å². The largest absolute Gasteiger partial charge is 0.508 e. The number of nitrogens with one attached hydrogen (secondary N) is 1. The van der Waals surface area contributed by atoms with Crippen LogP contribution in [0.3, 0.4) is 0 Å². The maximum absolute atomic E-state index is 13.1. The first-order chi connectivity index (χ1) is 16.9. The number of hydrogen-bond donors (Lipinski definition) is 3. The van der Waals surface area contributed by atoms with E-state index in [0.717, 1.165) is 17.8 Å². The summed E-state index contributed by atoms with van der Waals surface area (Å²) in [5.74, 6) is 1.32. The molecular weight excluding hydrogens is 442 g/mol. The van der Waals surface area contributed by atoms with E-state index in [1.165, 1.54) is 32.1 Å². The molecule has 1 amide bonds. The summed E-state index contributed by atoms with van der Waals surface area (Å²) in [5.41, 5.74) is 8.80. The molecule has 1 atom stereocenters. The van der Waals surface area contributed by atoms with E-state index in [1.807, 2.05) is 16.8 Å². The molecule has 0 radical (unpaired) electrons. The summed E-state index contributed by atoms with van der Waals surface area (Å²) >= 11 is 0. The second-order valence-electron chi connectivity index (χ2n) is 9.72. The van der Waals surface area contributed by atoms with Gasteiger partial charge in [-0.2, -0.15) is 0 Å². The Morgan fingerprint density at radius 1 is 1.20 bits per heavy atom. The van der Waals surface area contributed by atoms with Crippen LogP contribution in [0.25, 0.3) is 17.2 Å². The number of hydrogen-bond acceptors (Lipinski definition) is 7. The van der Waals surface area contributed by atoms with Crippen LogP contribution in [-0.2, 0) is 16.6 Å². The second-order valence-corrected chi connectivity index (χ2v) is 9.72. The van der Waals surface area contributed by atoms with Crippen molar-refractivity contribution in [3.63, 3.8) is 0 Å². The Morgan fingerprint density at radius 2 is 2.03 bits per heavy atom. The molecule has 178 valence electrons. The van der Waals surface area contributed by atoms with Crippen molar-refractivity contribution in [3.05, 3.63) is 59.7 Å². The third-order valence-electron chi connectivity index (χ3n) is 7.43. The zero-order valence-corrected chi connectivity index (χ0v) is 19.5. The number of nitrogen functional groups attached to an aromatic ring is 1. The minimum Gasteiger partial charge on any atom is -0.508 e. The molecule has 1 aliphatic heterocycles. The van der Waals surface area contributed by atoms with Gasteiger partial charge in [0.25, 0.3) is 0 Å². The van der Waals surface area contributed by atoms with E-state index in [0.29, 0.717) is 34.4 Å². The molecule has 4 N–H and O–H groups in total. The molecule has 1 saturated carbocycles. The van der Waals surface area contributed by atoms with Gasteiger partial charge in [-0.05, 0) is 37.0 Å². The van der Waals surface area contributed by atoms with Gasteiger partial charge in [-0.3, -0.25) is 4.79 Å². The van der Waals surface area contributed by atoms with Gasteiger partial charge in [0.2, 0.25) is 5.91 Å². The summed E-state index contributed by atoms with van der Waals surface area (Å²) in [6, 6.07) is 6.61. The smallest absolute Gasteiger partial charge is 0.240 e. The molecule has 0 spiro atoms.